The summed E-state index contributed by atoms with van der Waals surface area (Å²) in [5.74, 6) is 0.968. The van der Waals surface area contributed by atoms with Crippen LogP contribution in [0.2, 0.25) is 5.02 Å². The fourth-order valence-corrected chi connectivity index (χ4v) is 2.57. The van der Waals surface area contributed by atoms with E-state index < -0.39 is 0 Å². The van der Waals surface area contributed by atoms with E-state index >= 15 is 0 Å². The molecule has 3 rings (SSSR count). The van der Waals surface area contributed by atoms with Crippen LogP contribution in [-0.4, -0.2) is 12.6 Å². The largest absolute Gasteiger partial charge is 0.488 e. The van der Waals surface area contributed by atoms with Crippen molar-refractivity contribution in [2.45, 2.75) is 19.1 Å². The van der Waals surface area contributed by atoms with Crippen molar-refractivity contribution in [3.8, 4) is 5.75 Å². The fraction of sp³-hybridized carbons (Fsp3) is 0.250. The molecule has 1 unspecified atom stereocenters. The highest BCUT2D eigenvalue weighted by Gasteiger charge is 2.22. The van der Waals surface area contributed by atoms with Crippen LogP contribution in [0.15, 0.2) is 48.5 Å². The standard InChI is InChI=1S/C16H16ClNO/c17-14-6-7-16-13(8-14)9-15(19-16)11-18-10-12-4-2-1-3-5-12/h1-8,15,18H,9-11H2. The minimum Gasteiger partial charge on any atom is -0.488 e. The zero-order valence-corrected chi connectivity index (χ0v) is 11.4. The SMILES string of the molecule is Clc1ccc2c(c1)CC(CNCc1ccccc1)O2. The van der Waals surface area contributed by atoms with E-state index in [0.29, 0.717) is 0 Å². The second kappa shape index (κ2) is 5.64. The van der Waals surface area contributed by atoms with Crippen molar-refractivity contribution in [2.24, 2.45) is 0 Å². The van der Waals surface area contributed by atoms with Crippen molar-refractivity contribution in [1.82, 2.24) is 5.32 Å². The second-order valence-electron chi connectivity index (χ2n) is 4.81. The summed E-state index contributed by atoms with van der Waals surface area (Å²) >= 11 is 5.98. The lowest BCUT2D eigenvalue weighted by atomic mass is 10.1. The Labute approximate surface area is 118 Å². The summed E-state index contributed by atoms with van der Waals surface area (Å²) in [5, 5.41) is 4.21. The van der Waals surface area contributed by atoms with Gasteiger partial charge in [-0.3, -0.25) is 0 Å². The Hall–Kier alpha value is -1.51. The van der Waals surface area contributed by atoms with E-state index in [4.69, 9.17) is 16.3 Å². The molecule has 0 aliphatic carbocycles. The first-order valence-corrected chi connectivity index (χ1v) is 6.89. The van der Waals surface area contributed by atoms with Gasteiger partial charge in [0, 0.05) is 24.5 Å². The number of benzene rings is 2. The van der Waals surface area contributed by atoms with Crippen molar-refractivity contribution in [3.63, 3.8) is 0 Å². The van der Waals surface area contributed by atoms with Crippen molar-refractivity contribution in [3.05, 3.63) is 64.7 Å². The molecule has 0 saturated heterocycles. The summed E-state index contributed by atoms with van der Waals surface area (Å²) in [5.41, 5.74) is 2.50. The van der Waals surface area contributed by atoms with Crippen LogP contribution in [-0.2, 0) is 13.0 Å². The Kier molecular flexibility index (Phi) is 3.72. The van der Waals surface area contributed by atoms with Gasteiger partial charge in [-0.1, -0.05) is 41.9 Å². The molecule has 1 heterocycles. The third-order valence-corrected chi connectivity index (χ3v) is 3.54. The van der Waals surface area contributed by atoms with E-state index in [-0.39, 0.29) is 6.10 Å². The molecule has 1 aliphatic heterocycles. The van der Waals surface area contributed by atoms with Crippen molar-refractivity contribution >= 4 is 11.6 Å². The summed E-state index contributed by atoms with van der Waals surface area (Å²) < 4.78 is 5.88. The number of hydrogen-bond donors (Lipinski definition) is 1. The van der Waals surface area contributed by atoms with Crippen LogP contribution >= 0.6 is 11.6 Å². The smallest absolute Gasteiger partial charge is 0.123 e. The van der Waals surface area contributed by atoms with E-state index in [1.54, 1.807) is 0 Å². The van der Waals surface area contributed by atoms with E-state index in [2.05, 4.69) is 29.6 Å². The van der Waals surface area contributed by atoms with Gasteiger partial charge in [0.15, 0.2) is 0 Å². The third-order valence-electron chi connectivity index (χ3n) is 3.31. The molecular formula is C16H16ClNO. The maximum atomic E-state index is 5.98. The lowest BCUT2D eigenvalue weighted by molar-refractivity contribution is 0.227. The summed E-state index contributed by atoms with van der Waals surface area (Å²) in [6.07, 6.45) is 1.13. The van der Waals surface area contributed by atoms with E-state index in [1.165, 1.54) is 11.1 Å². The minimum absolute atomic E-state index is 0.206. The Morgan fingerprint density at radius 1 is 1.16 bits per heavy atom. The average Bonchev–Trinajstić information content (AvgIpc) is 2.82. The molecule has 1 atom stereocenters. The molecule has 1 N–H and O–H groups in total. The van der Waals surface area contributed by atoms with Gasteiger partial charge in [-0.05, 0) is 29.3 Å². The molecule has 2 nitrogen and oxygen atoms in total. The lowest BCUT2D eigenvalue weighted by Gasteiger charge is -2.11. The molecule has 0 spiro atoms. The molecule has 0 radical (unpaired) electrons. The molecule has 98 valence electrons. The average molecular weight is 274 g/mol. The first-order chi connectivity index (χ1) is 9.31. The van der Waals surface area contributed by atoms with E-state index in [9.17, 15) is 0 Å². The molecule has 0 fully saturated rings. The summed E-state index contributed by atoms with van der Waals surface area (Å²) in [6, 6.07) is 16.2. The first kappa shape index (κ1) is 12.5. The fourth-order valence-electron chi connectivity index (χ4n) is 2.38. The highest BCUT2D eigenvalue weighted by atomic mass is 35.5. The predicted octanol–water partition coefficient (Wildman–Crippen LogP) is 3.43. The number of nitrogens with one attached hydrogen (secondary N) is 1. The number of ether oxygens (including phenoxy) is 1. The van der Waals surface area contributed by atoms with Crippen LogP contribution in [0.3, 0.4) is 0 Å². The summed E-state index contributed by atoms with van der Waals surface area (Å²) in [6.45, 7) is 1.72. The van der Waals surface area contributed by atoms with E-state index in [0.717, 1.165) is 30.3 Å². The van der Waals surface area contributed by atoms with Gasteiger partial charge in [0.25, 0.3) is 0 Å². The Morgan fingerprint density at radius 3 is 2.84 bits per heavy atom. The molecular weight excluding hydrogens is 258 g/mol. The topological polar surface area (TPSA) is 21.3 Å². The third kappa shape index (κ3) is 3.09. The van der Waals surface area contributed by atoms with Gasteiger partial charge in [0.05, 0.1) is 0 Å². The first-order valence-electron chi connectivity index (χ1n) is 6.51. The van der Waals surface area contributed by atoms with Crippen LogP contribution in [0, 0.1) is 0 Å². The van der Waals surface area contributed by atoms with Gasteiger partial charge >= 0.3 is 0 Å². The Bertz CT molecular complexity index is 556. The molecule has 2 aromatic carbocycles. The zero-order valence-electron chi connectivity index (χ0n) is 10.6. The van der Waals surface area contributed by atoms with Crippen LogP contribution in [0.4, 0.5) is 0 Å². The highest BCUT2D eigenvalue weighted by molar-refractivity contribution is 6.30. The molecule has 0 bridgehead atoms. The maximum Gasteiger partial charge on any atom is 0.123 e. The zero-order chi connectivity index (χ0) is 13.1. The molecule has 0 saturated carbocycles. The van der Waals surface area contributed by atoms with Crippen molar-refractivity contribution in [1.29, 1.82) is 0 Å². The van der Waals surface area contributed by atoms with Gasteiger partial charge in [0.1, 0.15) is 11.9 Å². The number of hydrogen-bond acceptors (Lipinski definition) is 2. The van der Waals surface area contributed by atoms with Crippen molar-refractivity contribution < 1.29 is 4.74 Å². The van der Waals surface area contributed by atoms with Crippen molar-refractivity contribution in [2.75, 3.05) is 6.54 Å². The molecule has 2 aromatic rings. The molecule has 0 aromatic heterocycles. The predicted molar refractivity (Wildman–Crippen MR) is 77.7 cm³/mol. The lowest BCUT2D eigenvalue weighted by Crippen LogP contribution is -2.29. The normalized spacial score (nSPS) is 17.0. The molecule has 19 heavy (non-hydrogen) atoms. The summed E-state index contributed by atoms with van der Waals surface area (Å²) in [4.78, 5) is 0. The maximum absolute atomic E-state index is 5.98. The van der Waals surface area contributed by atoms with E-state index in [1.807, 2.05) is 24.3 Å². The second-order valence-corrected chi connectivity index (χ2v) is 5.25. The molecule has 1 aliphatic rings. The van der Waals surface area contributed by atoms with Gasteiger partial charge in [-0.2, -0.15) is 0 Å². The Morgan fingerprint density at radius 2 is 2.00 bits per heavy atom. The highest BCUT2D eigenvalue weighted by Crippen LogP contribution is 2.30. The Balaban J connectivity index is 1.51. The van der Waals surface area contributed by atoms with Gasteiger partial charge in [0.2, 0.25) is 0 Å². The van der Waals surface area contributed by atoms with Crippen LogP contribution in [0.1, 0.15) is 11.1 Å². The minimum atomic E-state index is 0.206. The van der Waals surface area contributed by atoms with Crippen LogP contribution < -0.4 is 10.1 Å². The number of halogens is 1. The van der Waals surface area contributed by atoms with Crippen LogP contribution in [0.5, 0.6) is 5.75 Å². The summed E-state index contributed by atoms with van der Waals surface area (Å²) in [7, 11) is 0. The number of rotatable bonds is 4. The van der Waals surface area contributed by atoms with Gasteiger partial charge in [-0.15, -0.1) is 0 Å². The molecule has 0 amide bonds. The van der Waals surface area contributed by atoms with Gasteiger partial charge in [-0.25, -0.2) is 0 Å². The molecule has 3 heteroatoms. The quantitative estimate of drug-likeness (QED) is 0.921. The monoisotopic (exact) mass is 273 g/mol. The number of fused-ring (bicyclic) bond motifs is 1. The van der Waals surface area contributed by atoms with Gasteiger partial charge < -0.3 is 10.1 Å². The van der Waals surface area contributed by atoms with Crippen LogP contribution in [0.25, 0.3) is 0 Å².